The van der Waals surface area contributed by atoms with Crippen LogP contribution in [0.25, 0.3) is 11.5 Å². The topological polar surface area (TPSA) is 65.2 Å². The predicted molar refractivity (Wildman–Crippen MR) is 63.3 cm³/mol. The maximum atomic E-state index is 13.1. The summed E-state index contributed by atoms with van der Waals surface area (Å²) in [7, 11) is 0. The second-order valence-corrected chi connectivity index (χ2v) is 4.11. The SMILES string of the molecule is CCOC(=O)c1nnc(-c2cc(F)ccc2Br)o1. The van der Waals surface area contributed by atoms with Gasteiger partial charge in [0.2, 0.25) is 5.89 Å². The van der Waals surface area contributed by atoms with Crippen molar-refractivity contribution in [1.82, 2.24) is 10.2 Å². The third kappa shape index (κ3) is 2.56. The molecule has 0 unspecified atom stereocenters. The number of hydrogen-bond donors (Lipinski definition) is 0. The van der Waals surface area contributed by atoms with Gasteiger partial charge in [-0.15, -0.1) is 10.2 Å². The summed E-state index contributed by atoms with van der Waals surface area (Å²) in [6.07, 6.45) is 0. The summed E-state index contributed by atoms with van der Waals surface area (Å²) >= 11 is 3.23. The zero-order valence-electron chi connectivity index (χ0n) is 9.31. The number of carbonyl (C=O) groups excluding carboxylic acids is 1. The number of aromatic nitrogens is 2. The summed E-state index contributed by atoms with van der Waals surface area (Å²) in [4.78, 5) is 11.3. The third-order valence-electron chi connectivity index (χ3n) is 2.03. The molecule has 18 heavy (non-hydrogen) atoms. The van der Waals surface area contributed by atoms with Crippen LogP contribution < -0.4 is 0 Å². The number of halogens is 2. The summed E-state index contributed by atoms with van der Waals surface area (Å²) < 4.78 is 23.5. The normalized spacial score (nSPS) is 10.4. The van der Waals surface area contributed by atoms with Crippen molar-refractivity contribution in [1.29, 1.82) is 0 Å². The highest BCUT2D eigenvalue weighted by molar-refractivity contribution is 9.10. The van der Waals surface area contributed by atoms with E-state index in [9.17, 15) is 9.18 Å². The molecule has 1 heterocycles. The van der Waals surface area contributed by atoms with Crippen LogP contribution in [-0.4, -0.2) is 22.8 Å². The number of benzene rings is 1. The molecule has 0 aliphatic heterocycles. The van der Waals surface area contributed by atoms with Gasteiger partial charge in [0.1, 0.15) is 5.82 Å². The first-order chi connectivity index (χ1) is 8.61. The van der Waals surface area contributed by atoms with Gasteiger partial charge in [-0.05, 0) is 41.1 Å². The van der Waals surface area contributed by atoms with E-state index in [0.29, 0.717) is 10.0 Å². The highest BCUT2D eigenvalue weighted by atomic mass is 79.9. The van der Waals surface area contributed by atoms with Crippen molar-refractivity contribution in [3.05, 3.63) is 34.4 Å². The average Bonchev–Trinajstić information content (AvgIpc) is 2.82. The molecule has 1 aromatic heterocycles. The maximum Gasteiger partial charge on any atom is 0.396 e. The van der Waals surface area contributed by atoms with Crippen molar-refractivity contribution < 1.29 is 18.3 Å². The molecular weight excluding hydrogens is 307 g/mol. The fraction of sp³-hybridized carbons (Fsp3) is 0.182. The molecule has 0 saturated heterocycles. The molecule has 0 radical (unpaired) electrons. The van der Waals surface area contributed by atoms with Crippen LogP contribution in [0.3, 0.4) is 0 Å². The molecule has 0 aliphatic carbocycles. The molecule has 0 bridgehead atoms. The van der Waals surface area contributed by atoms with Gasteiger partial charge in [-0.25, -0.2) is 9.18 Å². The first-order valence-electron chi connectivity index (χ1n) is 5.08. The Morgan fingerprint density at radius 1 is 1.50 bits per heavy atom. The second-order valence-electron chi connectivity index (χ2n) is 3.26. The molecule has 0 fully saturated rings. The molecule has 0 N–H and O–H groups in total. The van der Waals surface area contributed by atoms with E-state index in [1.165, 1.54) is 18.2 Å². The molecule has 2 aromatic rings. The molecule has 5 nitrogen and oxygen atoms in total. The van der Waals surface area contributed by atoms with Gasteiger partial charge in [-0.1, -0.05) is 0 Å². The van der Waals surface area contributed by atoms with Gasteiger partial charge in [0.25, 0.3) is 0 Å². The Morgan fingerprint density at radius 2 is 2.28 bits per heavy atom. The molecule has 0 spiro atoms. The van der Waals surface area contributed by atoms with Crippen LogP contribution in [0.4, 0.5) is 4.39 Å². The smallest absolute Gasteiger partial charge is 0.396 e. The van der Waals surface area contributed by atoms with Crippen LogP contribution in [0, 0.1) is 5.82 Å². The Kier molecular flexibility index (Phi) is 3.71. The van der Waals surface area contributed by atoms with Gasteiger partial charge >= 0.3 is 11.9 Å². The van der Waals surface area contributed by atoms with Crippen molar-refractivity contribution in [3.63, 3.8) is 0 Å². The third-order valence-corrected chi connectivity index (χ3v) is 2.73. The van der Waals surface area contributed by atoms with Gasteiger partial charge in [-0.3, -0.25) is 0 Å². The van der Waals surface area contributed by atoms with E-state index in [4.69, 9.17) is 9.15 Å². The van der Waals surface area contributed by atoms with Crippen LogP contribution in [0.2, 0.25) is 0 Å². The molecule has 7 heteroatoms. The molecule has 2 rings (SSSR count). The number of rotatable bonds is 3. The first-order valence-corrected chi connectivity index (χ1v) is 5.87. The van der Waals surface area contributed by atoms with Crippen molar-refractivity contribution in [3.8, 4) is 11.5 Å². The average molecular weight is 315 g/mol. The Morgan fingerprint density at radius 3 is 3.00 bits per heavy atom. The van der Waals surface area contributed by atoms with E-state index in [1.54, 1.807) is 6.92 Å². The Balaban J connectivity index is 2.35. The van der Waals surface area contributed by atoms with Crippen molar-refractivity contribution >= 4 is 21.9 Å². The van der Waals surface area contributed by atoms with E-state index in [2.05, 4.69) is 26.1 Å². The minimum absolute atomic E-state index is 0.0458. The predicted octanol–water partition coefficient (Wildman–Crippen LogP) is 2.81. The zero-order chi connectivity index (χ0) is 13.1. The van der Waals surface area contributed by atoms with Gasteiger partial charge in [0, 0.05) is 4.47 Å². The highest BCUT2D eigenvalue weighted by Gasteiger charge is 2.18. The minimum Gasteiger partial charge on any atom is -0.459 e. The van der Waals surface area contributed by atoms with Crippen LogP contribution in [0.5, 0.6) is 0 Å². The Labute approximate surface area is 110 Å². The molecule has 1 aromatic carbocycles. The van der Waals surface area contributed by atoms with Crippen LogP contribution in [0.15, 0.2) is 27.1 Å². The van der Waals surface area contributed by atoms with Gasteiger partial charge in [0.15, 0.2) is 0 Å². The van der Waals surface area contributed by atoms with Crippen LogP contribution in [0.1, 0.15) is 17.6 Å². The Hall–Kier alpha value is -1.76. The fourth-order valence-corrected chi connectivity index (χ4v) is 1.68. The van der Waals surface area contributed by atoms with Crippen molar-refractivity contribution in [2.75, 3.05) is 6.61 Å². The summed E-state index contributed by atoms with van der Waals surface area (Å²) in [5.74, 6) is -1.36. The standard InChI is InChI=1S/C11H8BrFN2O3/c1-2-17-11(16)10-15-14-9(18-10)7-5-6(13)3-4-8(7)12/h3-5H,2H2,1H3. The van der Waals surface area contributed by atoms with E-state index >= 15 is 0 Å². The van der Waals surface area contributed by atoms with Gasteiger partial charge in [0.05, 0.1) is 12.2 Å². The maximum absolute atomic E-state index is 13.1. The number of ether oxygens (including phenoxy) is 1. The number of carbonyl (C=O) groups is 1. The molecule has 0 amide bonds. The van der Waals surface area contributed by atoms with Crippen molar-refractivity contribution in [2.24, 2.45) is 0 Å². The van der Waals surface area contributed by atoms with Crippen LogP contribution in [-0.2, 0) is 4.74 Å². The molecule has 0 atom stereocenters. The summed E-state index contributed by atoms with van der Waals surface area (Å²) in [6.45, 7) is 1.87. The van der Waals surface area contributed by atoms with E-state index in [-0.39, 0.29) is 18.4 Å². The first kappa shape index (κ1) is 12.7. The number of hydrogen-bond acceptors (Lipinski definition) is 5. The molecule has 0 aliphatic rings. The quantitative estimate of drug-likeness (QED) is 0.815. The molecule has 0 saturated carbocycles. The Bertz CT molecular complexity index is 585. The summed E-state index contributed by atoms with van der Waals surface area (Å²) in [5, 5.41) is 7.22. The highest BCUT2D eigenvalue weighted by Crippen LogP contribution is 2.27. The largest absolute Gasteiger partial charge is 0.459 e. The van der Waals surface area contributed by atoms with E-state index < -0.39 is 11.8 Å². The molecular formula is C11H8BrFN2O3. The van der Waals surface area contributed by atoms with Crippen molar-refractivity contribution in [2.45, 2.75) is 6.92 Å². The second kappa shape index (κ2) is 5.26. The van der Waals surface area contributed by atoms with Gasteiger partial charge < -0.3 is 9.15 Å². The number of esters is 1. The van der Waals surface area contributed by atoms with Gasteiger partial charge in [-0.2, -0.15) is 0 Å². The van der Waals surface area contributed by atoms with E-state index in [1.807, 2.05) is 0 Å². The number of nitrogens with zero attached hydrogens (tertiary/aromatic N) is 2. The summed E-state index contributed by atoms with van der Waals surface area (Å²) in [5.41, 5.74) is 0.373. The minimum atomic E-state index is -0.705. The lowest BCUT2D eigenvalue weighted by Crippen LogP contribution is -2.04. The van der Waals surface area contributed by atoms with Crippen LogP contribution >= 0.6 is 15.9 Å². The lowest BCUT2D eigenvalue weighted by atomic mass is 10.2. The lowest BCUT2D eigenvalue weighted by Gasteiger charge is -1.98. The van der Waals surface area contributed by atoms with E-state index in [0.717, 1.165) is 0 Å². The summed E-state index contributed by atoms with van der Waals surface area (Å²) in [6, 6.07) is 4.03. The lowest BCUT2D eigenvalue weighted by molar-refractivity contribution is 0.0481. The molecule has 94 valence electrons. The zero-order valence-corrected chi connectivity index (χ0v) is 10.9. The monoisotopic (exact) mass is 314 g/mol. The fourth-order valence-electron chi connectivity index (χ4n) is 1.27.